The van der Waals surface area contributed by atoms with Gasteiger partial charge in [-0.1, -0.05) is 30.3 Å². The smallest absolute Gasteiger partial charge is 0.262 e. The van der Waals surface area contributed by atoms with Crippen molar-refractivity contribution in [3.05, 3.63) is 58.9 Å². The maximum Gasteiger partial charge on any atom is 0.262 e. The molecule has 0 aliphatic rings. The maximum absolute atomic E-state index is 13.1. The molecule has 4 aromatic rings. The molecule has 0 atom stereocenters. The molecule has 4 rings (SSSR count). The van der Waals surface area contributed by atoms with Crippen LogP contribution in [0.1, 0.15) is 26.3 Å². The molecule has 8 nitrogen and oxygen atoms in total. The molecule has 0 unspecified atom stereocenters. The number of hydrogen-bond donors (Lipinski definition) is 1. The number of ether oxygens (including phenoxy) is 1. The summed E-state index contributed by atoms with van der Waals surface area (Å²) in [5.41, 5.74) is 1.60. The van der Waals surface area contributed by atoms with Crippen molar-refractivity contribution < 1.29 is 9.84 Å². The van der Waals surface area contributed by atoms with E-state index in [2.05, 4.69) is 15.2 Å². The summed E-state index contributed by atoms with van der Waals surface area (Å²) >= 11 is 0. The van der Waals surface area contributed by atoms with Gasteiger partial charge in [-0.05, 0) is 38.5 Å². The molecule has 0 radical (unpaired) electrons. The van der Waals surface area contributed by atoms with Crippen LogP contribution in [-0.4, -0.2) is 32.9 Å². The maximum atomic E-state index is 13.1. The van der Waals surface area contributed by atoms with Gasteiger partial charge in [0, 0.05) is 31.7 Å². The Morgan fingerprint density at radius 3 is 2.52 bits per heavy atom. The minimum absolute atomic E-state index is 0.0361. The van der Waals surface area contributed by atoms with Crippen LogP contribution in [0.3, 0.4) is 0 Å². The third kappa shape index (κ3) is 3.82. The van der Waals surface area contributed by atoms with Gasteiger partial charge in [0.2, 0.25) is 5.88 Å². The number of hydrogen-bond acceptors (Lipinski definition) is 6. The van der Waals surface area contributed by atoms with Gasteiger partial charge in [0.15, 0.2) is 5.69 Å². The highest BCUT2D eigenvalue weighted by Crippen LogP contribution is 2.41. The molecule has 0 aliphatic heterocycles. The number of fused-ring (bicyclic) bond motifs is 2. The van der Waals surface area contributed by atoms with Crippen molar-refractivity contribution >= 4 is 33.4 Å². The van der Waals surface area contributed by atoms with E-state index in [-0.39, 0.29) is 23.4 Å². The number of aromatic hydroxyl groups is 1. The van der Waals surface area contributed by atoms with E-state index in [4.69, 9.17) is 4.74 Å². The van der Waals surface area contributed by atoms with Crippen LogP contribution in [0.5, 0.6) is 5.88 Å². The Hall–Kier alpha value is -3.52. The van der Waals surface area contributed by atoms with Crippen molar-refractivity contribution in [3.63, 3.8) is 0 Å². The molecule has 0 saturated carbocycles. The fourth-order valence-electron chi connectivity index (χ4n) is 3.75. The average molecular weight is 419 g/mol. The number of azo groups is 1. The Morgan fingerprint density at radius 2 is 1.77 bits per heavy atom. The summed E-state index contributed by atoms with van der Waals surface area (Å²) in [7, 11) is 1.62. The fourth-order valence-corrected chi connectivity index (χ4v) is 3.75. The van der Waals surface area contributed by atoms with Crippen molar-refractivity contribution in [2.45, 2.75) is 32.9 Å². The van der Waals surface area contributed by atoms with Crippen LogP contribution in [0, 0.1) is 0 Å². The second-order valence-electron chi connectivity index (χ2n) is 7.59. The summed E-state index contributed by atoms with van der Waals surface area (Å²) in [6.07, 6.45) is 0.636. The lowest BCUT2D eigenvalue weighted by molar-refractivity contribution is 0.190. The molecule has 1 N–H and O–H groups in total. The quantitative estimate of drug-likeness (QED) is 0.333. The van der Waals surface area contributed by atoms with Crippen LogP contribution in [0.25, 0.3) is 21.8 Å². The summed E-state index contributed by atoms with van der Waals surface area (Å²) < 4.78 is 8.44. The van der Waals surface area contributed by atoms with Crippen LogP contribution in [0.4, 0.5) is 11.6 Å². The number of methoxy groups -OCH3 is 1. The molecule has 0 saturated heterocycles. The zero-order valence-electron chi connectivity index (χ0n) is 17.8. The predicted octanol–water partition coefficient (Wildman–Crippen LogP) is 5.09. The third-order valence-corrected chi connectivity index (χ3v) is 5.19. The Morgan fingerprint density at radius 1 is 1.06 bits per heavy atom. The molecule has 0 amide bonds. The molecule has 2 aromatic heterocycles. The lowest BCUT2D eigenvalue weighted by Crippen LogP contribution is -2.22. The lowest BCUT2D eigenvalue weighted by atomic mass is 10.2. The van der Waals surface area contributed by atoms with Crippen molar-refractivity contribution in [1.82, 2.24) is 14.1 Å². The lowest BCUT2D eigenvalue weighted by Gasteiger charge is -2.10. The summed E-state index contributed by atoms with van der Waals surface area (Å²) in [6, 6.07) is 14.8. The normalized spacial score (nSPS) is 12.0. The summed E-state index contributed by atoms with van der Waals surface area (Å²) in [6.45, 7) is 4.90. The molecule has 8 heteroatoms. The van der Waals surface area contributed by atoms with Gasteiger partial charge in [-0.2, -0.15) is 0 Å². The van der Waals surface area contributed by atoms with E-state index in [0.29, 0.717) is 36.2 Å². The molecule has 2 aromatic carbocycles. The SMILES string of the molecule is COCCCn1c(N=Nc2c(O)n(C(C)C)c3ccccc23)nc2ccccc2c1=O. The van der Waals surface area contributed by atoms with Crippen LogP contribution in [0.2, 0.25) is 0 Å². The van der Waals surface area contributed by atoms with Gasteiger partial charge in [0.1, 0.15) is 0 Å². The number of para-hydroxylation sites is 2. The minimum Gasteiger partial charge on any atom is -0.493 e. The van der Waals surface area contributed by atoms with E-state index >= 15 is 0 Å². The first-order valence-corrected chi connectivity index (χ1v) is 10.2. The molecular weight excluding hydrogens is 394 g/mol. The van der Waals surface area contributed by atoms with Gasteiger partial charge in [0.25, 0.3) is 11.5 Å². The molecule has 0 spiro atoms. The Labute approximate surface area is 179 Å². The van der Waals surface area contributed by atoms with Gasteiger partial charge in [0.05, 0.1) is 16.4 Å². The highest BCUT2D eigenvalue weighted by Gasteiger charge is 2.18. The van der Waals surface area contributed by atoms with Gasteiger partial charge in [-0.3, -0.25) is 9.36 Å². The first-order chi connectivity index (χ1) is 15.0. The molecule has 0 aliphatic carbocycles. The van der Waals surface area contributed by atoms with E-state index in [0.717, 1.165) is 10.9 Å². The van der Waals surface area contributed by atoms with Crippen LogP contribution < -0.4 is 5.56 Å². The average Bonchev–Trinajstić information content (AvgIpc) is 3.05. The summed E-state index contributed by atoms with van der Waals surface area (Å²) in [5, 5.41) is 20.8. The molecule has 2 heterocycles. The molecule has 31 heavy (non-hydrogen) atoms. The van der Waals surface area contributed by atoms with Crippen molar-refractivity contribution in [2.75, 3.05) is 13.7 Å². The molecule has 0 bridgehead atoms. The topological polar surface area (TPSA) is 94.0 Å². The standard InChI is InChI=1S/C23H25N5O3/c1-15(2)28-19-12-7-5-10-17(19)20(22(28)30)25-26-23-24-18-11-6-4-9-16(18)21(29)27(23)13-8-14-31-3/h4-7,9-12,15,30H,8,13-14H2,1-3H3. The second kappa shape index (κ2) is 8.69. The minimum atomic E-state index is -0.176. The number of aromatic nitrogens is 3. The zero-order valence-corrected chi connectivity index (χ0v) is 17.8. The van der Waals surface area contributed by atoms with Crippen LogP contribution in [0.15, 0.2) is 63.6 Å². The Kier molecular flexibility index (Phi) is 5.81. The van der Waals surface area contributed by atoms with E-state index < -0.39 is 0 Å². The highest BCUT2D eigenvalue weighted by molar-refractivity contribution is 5.95. The predicted molar refractivity (Wildman–Crippen MR) is 121 cm³/mol. The zero-order chi connectivity index (χ0) is 22.0. The van der Waals surface area contributed by atoms with Crippen LogP contribution >= 0.6 is 0 Å². The van der Waals surface area contributed by atoms with E-state index in [1.807, 2.05) is 54.8 Å². The number of nitrogens with zero attached hydrogens (tertiary/aromatic N) is 5. The molecule has 0 fully saturated rings. The van der Waals surface area contributed by atoms with Gasteiger partial charge >= 0.3 is 0 Å². The second-order valence-corrected chi connectivity index (χ2v) is 7.59. The van der Waals surface area contributed by atoms with Crippen molar-refractivity contribution in [2.24, 2.45) is 10.2 Å². The number of rotatable bonds is 7. The Balaban J connectivity index is 1.86. The first-order valence-electron chi connectivity index (χ1n) is 10.2. The van der Waals surface area contributed by atoms with Gasteiger partial charge in [-0.25, -0.2) is 4.98 Å². The van der Waals surface area contributed by atoms with E-state index in [1.165, 1.54) is 4.57 Å². The number of benzene rings is 2. The van der Waals surface area contributed by atoms with Gasteiger partial charge in [-0.15, -0.1) is 10.2 Å². The monoisotopic (exact) mass is 419 g/mol. The van der Waals surface area contributed by atoms with E-state index in [1.54, 1.807) is 19.2 Å². The van der Waals surface area contributed by atoms with E-state index in [9.17, 15) is 9.90 Å². The molecule has 160 valence electrons. The van der Waals surface area contributed by atoms with Gasteiger partial charge < -0.3 is 14.4 Å². The van der Waals surface area contributed by atoms with Crippen molar-refractivity contribution in [3.8, 4) is 5.88 Å². The first kappa shape index (κ1) is 20.7. The van der Waals surface area contributed by atoms with Crippen molar-refractivity contribution in [1.29, 1.82) is 0 Å². The largest absolute Gasteiger partial charge is 0.493 e. The van der Waals surface area contributed by atoms with Crippen LogP contribution in [-0.2, 0) is 11.3 Å². The Bertz CT molecular complexity index is 1320. The summed E-state index contributed by atoms with van der Waals surface area (Å²) in [4.78, 5) is 17.6. The highest BCUT2D eigenvalue weighted by atomic mass is 16.5. The fraction of sp³-hybridized carbons (Fsp3) is 0.304. The third-order valence-electron chi connectivity index (χ3n) is 5.19. The molecular formula is C23H25N5O3. The summed E-state index contributed by atoms with van der Waals surface area (Å²) in [5.74, 6) is 0.231.